The van der Waals surface area contributed by atoms with Crippen LogP contribution in [0.5, 0.6) is 0 Å². The van der Waals surface area contributed by atoms with Crippen LogP contribution in [0.25, 0.3) is 22.0 Å². The van der Waals surface area contributed by atoms with Gasteiger partial charge in [-0.05, 0) is 48.0 Å². The highest BCUT2D eigenvalue weighted by Crippen LogP contribution is 2.41. The Balaban J connectivity index is 1.53. The second kappa shape index (κ2) is 10.5. The van der Waals surface area contributed by atoms with Crippen molar-refractivity contribution in [3.8, 4) is 11.1 Å². The van der Waals surface area contributed by atoms with Crippen molar-refractivity contribution < 1.29 is 23.2 Å². The molecule has 3 aromatic carbocycles. The molecule has 12 heteroatoms. The van der Waals surface area contributed by atoms with Crippen LogP contribution in [0.3, 0.4) is 0 Å². The molecule has 3 amide bonds. The van der Waals surface area contributed by atoms with Crippen molar-refractivity contribution in [1.29, 1.82) is 0 Å². The standard InChI is InChI=1S/C30H21ClF2N4O4S/c1-15-6-8-16(9-7-15)22-14-21(36-37(22)28(40)30(32,33)25-27(39)35-29(41)42-25)24-23(17-10-12-18(31)13-11-17)19-4-2-3-5-20(19)34-26(24)38/h2-13,22,25H,14H2,1H3,(H,34,38)(H,35,39,41). The number of alkyl halides is 2. The Hall–Kier alpha value is -4.35. The lowest BCUT2D eigenvalue weighted by atomic mass is 9.91. The topological polar surface area (TPSA) is 112 Å². The fourth-order valence-electron chi connectivity index (χ4n) is 5.19. The van der Waals surface area contributed by atoms with Crippen LogP contribution in [0.15, 0.2) is 82.7 Å². The van der Waals surface area contributed by atoms with Crippen molar-refractivity contribution >= 4 is 57.0 Å². The molecule has 0 spiro atoms. The summed E-state index contributed by atoms with van der Waals surface area (Å²) in [6.45, 7) is 1.86. The van der Waals surface area contributed by atoms with Crippen LogP contribution in [0.1, 0.15) is 29.2 Å². The van der Waals surface area contributed by atoms with Crippen molar-refractivity contribution in [3.05, 3.63) is 105 Å². The molecular weight excluding hydrogens is 586 g/mol. The smallest absolute Gasteiger partial charge is 0.321 e. The van der Waals surface area contributed by atoms with Crippen molar-refractivity contribution in [2.24, 2.45) is 5.10 Å². The number of para-hydroxylation sites is 1. The highest BCUT2D eigenvalue weighted by Gasteiger charge is 2.59. The first-order valence-corrected chi connectivity index (χ1v) is 14.1. The Labute approximate surface area is 246 Å². The lowest BCUT2D eigenvalue weighted by Crippen LogP contribution is -2.50. The van der Waals surface area contributed by atoms with Gasteiger partial charge in [-0.3, -0.25) is 24.5 Å². The highest BCUT2D eigenvalue weighted by atomic mass is 35.5. The summed E-state index contributed by atoms with van der Waals surface area (Å²) in [6.07, 6.45) is -0.0597. The SMILES string of the molecule is Cc1ccc(C2CC(c3c(-c4ccc(Cl)cc4)c4ccccc4[nH]c3=O)=NN2C(=O)C(F)(F)C2SC(=O)NC2=O)cc1. The number of nitrogens with one attached hydrogen (secondary N) is 2. The van der Waals surface area contributed by atoms with Crippen molar-refractivity contribution in [2.45, 2.75) is 30.6 Å². The lowest BCUT2D eigenvalue weighted by Gasteiger charge is -2.27. The number of nitrogens with zero attached hydrogens (tertiary/aromatic N) is 2. The number of aromatic amines is 1. The molecule has 1 saturated heterocycles. The maximum absolute atomic E-state index is 15.6. The Morgan fingerprint density at radius 2 is 1.69 bits per heavy atom. The maximum Gasteiger partial charge on any atom is 0.347 e. The molecule has 0 radical (unpaired) electrons. The minimum absolute atomic E-state index is 0.0573. The normalized spacial score (nSPS) is 18.9. The number of carbonyl (C=O) groups is 3. The molecule has 1 fully saturated rings. The molecular formula is C30H21ClF2N4O4S. The third kappa shape index (κ3) is 4.78. The minimum atomic E-state index is -4.27. The number of fused-ring (bicyclic) bond motifs is 1. The van der Waals surface area contributed by atoms with E-state index in [0.29, 0.717) is 37.6 Å². The molecule has 2 aliphatic rings. The number of amides is 3. The number of thioether (sulfide) groups is 1. The van der Waals surface area contributed by atoms with E-state index < -0.39 is 39.8 Å². The molecule has 0 bridgehead atoms. The third-order valence-corrected chi connectivity index (χ3v) is 8.54. The number of hydrogen-bond acceptors (Lipinski definition) is 6. The number of halogens is 3. The number of pyridine rings is 1. The van der Waals surface area contributed by atoms with Crippen LogP contribution in [0.4, 0.5) is 13.6 Å². The second-order valence-electron chi connectivity index (χ2n) is 9.98. The van der Waals surface area contributed by atoms with Gasteiger partial charge in [0.15, 0.2) is 5.25 Å². The van der Waals surface area contributed by atoms with Crippen LogP contribution in [-0.2, 0) is 9.59 Å². The Morgan fingerprint density at radius 3 is 2.36 bits per heavy atom. The summed E-state index contributed by atoms with van der Waals surface area (Å²) in [5.41, 5.74) is 2.83. The zero-order chi connectivity index (χ0) is 29.8. The minimum Gasteiger partial charge on any atom is -0.321 e. The fraction of sp³-hybridized carbons (Fsp3) is 0.167. The van der Waals surface area contributed by atoms with Gasteiger partial charge in [-0.2, -0.15) is 13.9 Å². The Kier molecular flexibility index (Phi) is 6.94. The molecule has 8 nitrogen and oxygen atoms in total. The largest absolute Gasteiger partial charge is 0.347 e. The van der Waals surface area contributed by atoms with E-state index in [2.05, 4.69) is 10.1 Å². The van der Waals surface area contributed by atoms with E-state index in [1.807, 2.05) is 13.0 Å². The predicted molar refractivity (Wildman–Crippen MR) is 157 cm³/mol. The summed E-state index contributed by atoms with van der Waals surface area (Å²) in [6, 6.07) is 19.9. The summed E-state index contributed by atoms with van der Waals surface area (Å²) in [7, 11) is 0. The van der Waals surface area contributed by atoms with E-state index in [1.165, 1.54) is 0 Å². The zero-order valence-corrected chi connectivity index (χ0v) is 23.4. The van der Waals surface area contributed by atoms with Crippen molar-refractivity contribution in [1.82, 2.24) is 15.3 Å². The molecule has 2 aliphatic heterocycles. The number of imide groups is 1. The molecule has 2 N–H and O–H groups in total. The number of H-pyrrole nitrogens is 1. The summed E-state index contributed by atoms with van der Waals surface area (Å²) in [5.74, 6) is -7.28. The van der Waals surface area contributed by atoms with Gasteiger partial charge in [-0.1, -0.05) is 71.8 Å². The van der Waals surface area contributed by atoms with E-state index in [9.17, 15) is 19.2 Å². The van der Waals surface area contributed by atoms with Gasteiger partial charge in [0.05, 0.1) is 17.3 Å². The number of aryl methyl sites for hydroxylation is 1. The molecule has 42 heavy (non-hydrogen) atoms. The highest BCUT2D eigenvalue weighted by molar-refractivity contribution is 8.15. The monoisotopic (exact) mass is 606 g/mol. The van der Waals surface area contributed by atoms with Crippen LogP contribution < -0.4 is 10.9 Å². The molecule has 0 saturated carbocycles. The molecule has 2 atom stereocenters. The van der Waals surface area contributed by atoms with E-state index in [4.69, 9.17) is 11.6 Å². The number of rotatable bonds is 5. The van der Waals surface area contributed by atoms with Gasteiger partial charge in [0.25, 0.3) is 10.8 Å². The van der Waals surface area contributed by atoms with Crippen LogP contribution in [-0.4, -0.2) is 43.9 Å². The number of aromatic nitrogens is 1. The average molecular weight is 607 g/mol. The molecule has 0 aliphatic carbocycles. The predicted octanol–water partition coefficient (Wildman–Crippen LogP) is 5.82. The first kappa shape index (κ1) is 27.8. The molecule has 4 aromatic rings. The fourth-order valence-corrected chi connectivity index (χ4v) is 6.11. The quantitative estimate of drug-likeness (QED) is 0.297. The second-order valence-corrected chi connectivity index (χ2v) is 11.5. The van der Waals surface area contributed by atoms with Crippen LogP contribution in [0.2, 0.25) is 5.02 Å². The molecule has 212 valence electrons. The van der Waals surface area contributed by atoms with Crippen molar-refractivity contribution in [3.63, 3.8) is 0 Å². The zero-order valence-electron chi connectivity index (χ0n) is 21.9. The first-order chi connectivity index (χ1) is 20.0. The first-order valence-electron chi connectivity index (χ1n) is 12.8. The summed E-state index contributed by atoms with van der Waals surface area (Å²) in [4.78, 5) is 53.7. The third-order valence-electron chi connectivity index (χ3n) is 7.23. The van der Waals surface area contributed by atoms with E-state index in [1.54, 1.807) is 72.0 Å². The molecule has 6 rings (SSSR count). The van der Waals surface area contributed by atoms with Crippen LogP contribution >= 0.6 is 23.4 Å². The lowest BCUT2D eigenvalue weighted by molar-refractivity contribution is -0.161. The van der Waals surface area contributed by atoms with Gasteiger partial charge < -0.3 is 4.98 Å². The van der Waals surface area contributed by atoms with Crippen LogP contribution in [0, 0.1) is 6.92 Å². The number of hydrazone groups is 1. The Morgan fingerprint density at radius 1 is 1.00 bits per heavy atom. The maximum atomic E-state index is 15.6. The van der Waals surface area contributed by atoms with Gasteiger partial charge in [0.2, 0.25) is 5.91 Å². The Bertz CT molecular complexity index is 1860. The van der Waals surface area contributed by atoms with E-state index in [0.717, 1.165) is 5.56 Å². The van der Waals surface area contributed by atoms with Gasteiger partial charge >= 0.3 is 11.8 Å². The number of carbonyl (C=O) groups excluding carboxylic acids is 3. The van der Waals surface area contributed by atoms with Gasteiger partial charge in [0, 0.05) is 27.9 Å². The van der Waals surface area contributed by atoms with Gasteiger partial charge in [0.1, 0.15) is 0 Å². The van der Waals surface area contributed by atoms with Gasteiger partial charge in [-0.25, -0.2) is 5.01 Å². The molecule has 3 heterocycles. The summed E-state index contributed by atoms with van der Waals surface area (Å²) in [5, 5.41) is 4.73. The molecule has 2 unspecified atom stereocenters. The summed E-state index contributed by atoms with van der Waals surface area (Å²) < 4.78 is 31.2. The number of benzene rings is 3. The van der Waals surface area contributed by atoms with Gasteiger partial charge in [-0.15, -0.1) is 0 Å². The van der Waals surface area contributed by atoms with E-state index in [-0.39, 0.29) is 29.5 Å². The molecule has 1 aromatic heterocycles. The van der Waals surface area contributed by atoms with Crippen molar-refractivity contribution in [2.75, 3.05) is 0 Å². The average Bonchev–Trinajstić information content (AvgIpc) is 3.55. The van der Waals surface area contributed by atoms with E-state index >= 15 is 8.78 Å². The summed E-state index contributed by atoms with van der Waals surface area (Å²) >= 11 is 6.18. The number of hydrogen-bond donors (Lipinski definition) is 2.